The average Bonchev–Trinajstić information content (AvgIpc) is 2.61. The van der Waals surface area contributed by atoms with E-state index in [-0.39, 0.29) is 0 Å². The molecule has 0 aliphatic rings. The van der Waals surface area contributed by atoms with E-state index in [1.807, 2.05) is 0 Å². The van der Waals surface area contributed by atoms with Gasteiger partial charge in [-0.15, -0.1) is 0 Å². The summed E-state index contributed by atoms with van der Waals surface area (Å²) in [7, 11) is 0. The van der Waals surface area contributed by atoms with Crippen LogP contribution in [-0.4, -0.2) is 13.2 Å². The Kier molecular flexibility index (Phi) is 7.15. The second-order valence-electron chi connectivity index (χ2n) is 5.85. The fourth-order valence-electron chi connectivity index (χ4n) is 2.97. The Morgan fingerprint density at radius 2 is 1.57 bits per heavy atom. The van der Waals surface area contributed by atoms with Gasteiger partial charge in [-0.05, 0) is 61.4 Å². The third-order valence-corrected chi connectivity index (χ3v) is 4.27. The molecule has 2 rings (SSSR count). The Morgan fingerprint density at radius 1 is 0.826 bits per heavy atom. The maximum Gasteiger partial charge on any atom is 0.127 e. The van der Waals surface area contributed by atoms with Crippen LogP contribution < -0.4 is 10.5 Å². The molecule has 0 heterocycles. The molecule has 2 aromatic carbocycles. The maximum absolute atomic E-state index is 6.14. The van der Waals surface area contributed by atoms with Crippen molar-refractivity contribution >= 4 is 0 Å². The van der Waals surface area contributed by atoms with Crippen LogP contribution in [0.15, 0.2) is 42.5 Å². The van der Waals surface area contributed by atoms with E-state index in [2.05, 4.69) is 56.3 Å². The van der Waals surface area contributed by atoms with Gasteiger partial charge in [0.05, 0.1) is 6.61 Å². The Hall–Kier alpha value is -1.80. The summed E-state index contributed by atoms with van der Waals surface area (Å²) in [5, 5.41) is 0. The van der Waals surface area contributed by atoms with Gasteiger partial charge in [0.2, 0.25) is 0 Å². The van der Waals surface area contributed by atoms with Crippen molar-refractivity contribution in [1.29, 1.82) is 0 Å². The van der Waals surface area contributed by atoms with Crippen LogP contribution in [0.4, 0.5) is 0 Å². The molecule has 2 nitrogen and oxygen atoms in total. The fraction of sp³-hybridized carbons (Fsp3) is 0.429. The van der Waals surface area contributed by atoms with Crippen molar-refractivity contribution in [3.8, 4) is 16.9 Å². The molecule has 2 heteroatoms. The van der Waals surface area contributed by atoms with Gasteiger partial charge in [-0.3, -0.25) is 0 Å². The highest BCUT2D eigenvalue weighted by Gasteiger charge is 2.13. The first-order valence-electron chi connectivity index (χ1n) is 8.84. The number of unbranched alkanes of at least 4 members (excludes halogenated alkanes) is 2. The molecule has 0 saturated carbocycles. The minimum atomic E-state index is 0.758. The van der Waals surface area contributed by atoms with Crippen molar-refractivity contribution in [3.05, 3.63) is 53.6 Å². The molecule has 0 aliphatic heterocycles. The van der Waals surface area contributed by atoms with Gasteiger partial charge in [0.25, 0.3) is 0 Å². The number of benzene rings is 2. The molecule has 0 aliphatic carbocycles. The zero-order valence-electron chi connectivity index (χ0n) is 14.5. The van der Waals surface area contributed by atoms with Crippen molar-refractivity contribution in [2.24, 2.45) is 5.73 Å². The fourth-order valence-corrected chi connectivity index (χ4v) is 2.97. The van der Waals surface area contributed by atoms with Gasteiger partial charge in [-0.25, -0.2) is 0 Å². The predicted molar refractivity (Wildman–Crippen MR) is 99.0 cm³/mol. The molecule has 0 spiro atoms. The van der Waals surface area contributed by atoms with E-state index in [9.17, 15) is 0 Å². The summed E-state index contributed by atoms with van der Waals surface area (Å²) < 4.78 is 6.14. The highest BCUT2D eigenvalue weighted by molar-refractivity contribution is 5.76. The molecule has 23 heavy (non-hydrogen) atoms. The van der Waals surface area contributed by atoms with E-state index < -0.39 is 0 Å². The molecular weight excluding hydrogens is 282 g/mol. The molecule has 0 unspecified atom stereocenters. The van der Waals surface area contributed by atoms with Crippen LogP contribution in [0.1, 0.15) is 44.2 Å². The molecular formula is C21H29NO. The van der Waals surface area contributed by atoms with Gasteiger partial charge < -0.3 is 10.5 Å². The van der Waals surface area contributed by atoms with E-state index in [0.717, 1.165) is 51.0 Å². The quantitative estimate of drug-likeness (QED) is 0.662. The summed E-state index contributed by atoms with van der Waals surface area (Å²) in [6, 6.07) is 15.1. The van der Waals surface area contributed by atoms with Crippen LogP contribution in [0, 0.1) is 0 Å². The summed E-state index contributed by atoms with van der Waals surface area (Å²) in [6.45, 7) is 5.94. The summed E-state index contributed by atoms with van der Waals surface area (Å²) in [4.78, 5) is 0. The van der Waals surface area contributed by atoms with Gasteiger partial charge in [0, 0.05) is 5.56 Å². The van der Waals surface area contributed by atoms with Crippen LogP contribution in [-0.2, 0) is 12.8 Å². The first-order valence-corrected chi connectivity index (χ1v) is 8.84. The van der Waals surface area contributed by atoms with E-state index >= 15 is 0 Å². The third-order valence-electron chi connectivity index (χ3n) is 4.27. The van der Waals surface area contributed by atoms with Crippen LogP contribution in [0.25, 0.3) is 11.1 Å². The first-order chi connectivity index (χ1) is 11.3. The minimum Gasteiger partial charge on any atom is -0.493 e. The molecule has 0 aromatic heterocycles. The molecule has 0 saturated heterocycles. The largest absolute Gasteiger partial charge is 0.493 e. The van der Waals surface area contributed by atoms with Crippen LogP contribution in [0.3, 0.4) is 0 Å². The summed E-state index contributed by atoms with van der Waals surface area (Å²) >= 11 is 0. The number of ether oxygens (including phenoxy) is 1. The molecule has 0 bridgehead atoms. The second kappa shape index (κ2) is 9.36. The lowest BCUT2D eigenvalue weighted by Crippen LogP contribution is -2.03. The standard InChI is InChI=1S/C21H29NO/c1-3-17-11-6-7-13-19(17)21-18(4-2)12-10-14-20(21)23-16-9-5-8-15-22/h6-7,10-14H,3-5,8-9,15-16,22H2,1-2H3. The predicted octanol–water partition coefficient (Wildman–Crippen LogP) is 4.99. The molecule has 0 radical (unpaired) electrons. The smallest absolute Gasteiger partial charge is 0.127 e. The van der Waals surface area contributed by atoms with Crippen molar-refractivity contribution in [3.63, 3.8) is 0 Å². The lowest BCUT2D eigenvalue weighted by molar-refractivity contribution is 0.306. The number of rotatable bonds is 9. The van der Waals surface area contributed by atoms with E-state index in [4.69, 9.17) is 10.5 Å². The minimum absolute atomic E-state index is 0.758. The Labute approximate surface area is 140 Å². The lowest BCUT2D eigenvalue weighted by Gasteiger charge is -2.17. The average molecular weight is 311 g/mol. The normalized spacial score (nSPS) is 10.7. The number of nitrogens with two attached hydrogens (primary N) is 1. The highest BCUT2D eigenvalue weighted by Crippen LogP contribution is 2.36. The SMILES string of the molecule is CCc1ccccc1-c1c(CC)cccc1OCCCCCN. The molecule has 2 aromatic rings. The van der Waals surface area contributed by atoms with Gasteiger partial charge in [0.1, 0.15) is 5.75 Å². The second-order valence-corrected chi connectivity index (χ2v) is 5.85. The van der Waals surface area contributed by atoms with Gasteiger partial charge in [0.15, 0.2) is 0 Å². The summed E-state index contributed by atoms with van der Waals surface area (Å²) in [5.74, 6) is 1.01. The zero-order chi connectivity index (χ0) is 16.5. The number of hydrogen-bond donors (Lipinski definition) is 1. The topological polar surface area (TPSA) is 35.2 Å². The zero-order valence-corrected chi connectivity index (χ0v) is 14.5. The monoisotopic (exact) mass is 311 g/mol. The van der Waals surface area contributed by atoms with Crippen molar-refractivity contribution in [1.82, 2.24) is 0 Å². The molecule has 0 fully saturated rings. The first kappa shape index (κ1) is 17.6. The van der Waals surface area contributed by atoms with E-state index in [1.54, 1.807) is 0 Å². The van der Waals surface area contributed by atoms with Crippen molar-refractivity contribution in [2.75, 3.05) is 13.2 Å². The highest BCUT2D eigenvalue weighted by atomic mass is 16.5. The molecule has 0 atom stereocenters. The summed E-state index contributed by atoms with van der Waals surface area (Å²) in [6.07, 6.45) is 5.30. The Morgan fingerprint density at radius 3 is 2.30 bits per heavy atom. The van der Waals surface area contributed by atoms with Crippen LogP contribution >= 0.6 is 0 Å². The molecule has 0 amide bonds. The van der Waals surface area contributed by atoms with Crippen molar-refractivity contribution < 1.29 is 4.74 Å². The van der Waals surface area contributed by atoms with Crippen LogP contribution in [0.2, 0.25) is 0 Å². The van der Waals surface area contributed by atoms with Gasteiger partial charge in [-0.2, -0.15) is 0 Å². The molecule has 124 valence electrons. The Bertz CT molecular complexity index is 607. The van der Waals surface area contributed by atoms with Crippen molar-refractivity contribution in [2.45, 2.75) is 46.0 Å². The van der Waals surface area contributed by atoms with Gasteiger partial charge in [-0.1, -0.05) is 50.2 Å². The maximum atomic E-state index is 6.14. The van der Waals surface area contributed by atoms with E-state index in [1.165, 1.54) is 22.3 Å². The molecule has 2 N–H and O–H groups in total. The third kappa shape index (κ3) is 4.59. The lowest BCUT2D eigenvalue weighted by atomic mass is 9.92. The van der Waals surface area contributed by atoms with Crippen LogP contribution in [0.5, 0.6) is 5.75 Å². The number of hydrogen-bond acceptors (Lipinski definition) is 2. The Balaban J connectivity index is 2.29. The summed E-state index contributed by atoms with van der Waals surface area (Å²) in [5.41, 5.74) is 10.9. The van der Waals surface area contributed by atoms with E-state index in [0.29, 0.717) is 0 Å². The van der Waals surface area contributed by atoms with Gasteiger partial charge >= 0.3 is 0 Å². The number of aryl methyl sites for hydroxylation is 2.